The molecule has 0 atom stereocenters. The van der Waals surface area contributed by atoms with E-state index in [9.17, 15) is 4.79 Å². The van der Waals surface area contributed by atoms with E-state index in [1.807, 2.05) is 12.1 Å². The highest BCUT2D eigenvalue weighted by Crippen LogP contribution is 2.29. The second-order valence-corrected chi connectivity index (χ2v) is 4.62. The zero-order valence-electron chi connectivity index (χ0n) is 9.94. The van der Waals surface area contributed by atoms with Gasteiger partial charge in [-0.1, -0.05) is 12.1 Å². The number of H-pyrrole nitrogens is 1. The summed E-state index contributed by atoms with van der Waals surface area (Å²) in [4.78, 5) is 10.8. The highest BCUT2D eigenvalue weighted by atomic mass is 16.4. The van der Waals surface area contributed by atoms with E-state index in [1.165, 1.54) is 24.1 Å². The maximum Gasteiger partial charge on any atom is 0.335 e. The van der Waals surface area contributed by atoms with Crippen molar-refractivity contribution in [3.05, 3.63) is 41.1 Å². The van der Waals surface area contributed by atoms with Gasteiger partial charge in [-0.15, -0.1) is 0 Å². The molecule has 0 saturated heterocycles. The summed E-state index contributed by atoms with van der Waals surface area (Å²) in [6.45, 7) is 0. The third-order valence-electron chi connectivity index (χ3n) is 3.46. The Balaban J connectivity index is 1.99. The molecule has 0 unspecified atom stereocenters. The summed E-state index contributed by atoms with van der Waals surface area (Å²) >= 11 is 0. The number of aromatic nitrogens is 2. The standard InChI is InChI=1S/C14H14N2O2/c17-14(18)10-7-5-9(6-8-10)13-11-3-1-2-4-12(11)15-16-13/h5-8H,1-4H2,(H,15,16)(H,17,18). The first kappa shape index (κ1) is 11.0. The summed E-state index contributed by atoms with van der Waals surface area (Å²) in [5.41, 5.74) is 4.80. The van der Waals surface area contributed by atoms with Crippen LogP contribution in [0.2, 0.25) is 0 Å². The summed E-state index contributed by atoms with van der Waals surface area (Å²) in [6, 6.07) is 6.91. The monoisotopic (exact) mass is 242 g/mol. The molecular weight excluding hydrogens is 228 g/mol. The van der Waals surface area contributed by atoms with Gasteiger partial charge in [-0.3, -0.25) is 5.10 Å². The lowest BCUT2D eigenvalue weighted by atomic mass is 9.93. The molecule has 0 amide bonds. The fraction of sp³-hybridized carbons (Fsp3) is 0.286. The number of rotatable bonds is 2. The van der Waals surface area contributed by atoms with Crippen molar-refractivity contribution in [1.82, 2.24) is 10.2 Å². The SMILES string of the molecule is O=C(O)c1ccc(-c2n[nH]c3c2CCCC3)cc1. The van der Waals surface area contributed by atoms with Gasteiger partial charge in [0.25, 0.3) is 0 Å². The predicted octanol–water partition coefficient (Wildman–Crippen LogP) is 2.65. The Kier molecular flexibility index (Phi) is 2.63. The topological polar surface area (TPSA) is 66.0 Å². The van der Waals surface area contributed by atoms with Crippen molar-refractivity contribution in [2.45, 2.75) is 25.7 Å². The second-order valence-electron chi connectivity index (χ2n) is 4.62. The number of hydrogen-bond acceptors (Lipinski definition) is 2. The van der Waals surface area contributed by atoms with Crippen molar-refractivity contribution in [2.75, 3.05) is 0 Å². The van der Waals surface area contributed by atoms with Gasteiger partial charge in [0.05, 0.1) is 11.3 Å². The van der Waals surface area contributed by atoms with Gasteiger partial charge >= 0.3 is 5.97 Å². The van der Waals surface area contributed by atoms with Crippen molar-refractivity contribution in [3.8, 4) is 11.3 Å². The molecule has 0 spiro atoms. The first-order chi connectivity index (χ1) is 8.75. The van der Waals surface area contributed by atoms with Gasteiger partial charge in [0.2, 0.25) is 0 Å². The first-order valence-corrected chi connectivity index (χ1v) is 6.15. The zero-order valence-corrected chi connectivity index (χ0v) is 9.94. The van der Waals surface area contributed by atoms with Crippen molar-refractivity contribution in [2.24, 2.45) is 0 Å². The Labute approximate surface area is 105 Å². The molecule has 0 saturated carbocycles. The Hall–Kier alpha value is -2.10. The van der Waals surface area contributed by atoms with Crippen LogP contribution >= 0.6 is 0 Å². The first-order valence-electron chi connectivity index (χ1n) is 6.15. The maximum atomic E-state index is 10.8. The molecule has 1 aromatic heterocycles. The Morgan fingerprint density at radius 3 is 2.61 bits per heavy atom. The highest BCUT2D eigenvalue weighted by molar-refractivity contribution is 5.88. The van der Waals surface area contributed by atoms with Gasteiger partial charge in [0.1, 0.15) is 0 Å². The number of nitrogens with zero attached hydrogens (tertiary/aromatic N) is 1. The lowest BCUT2D eigenvalue weighted by molar-refractivity contribution is 0.0697. The van der Waals surface area contributed by atoms with Crippen LogP contribution in [0.15, 0.2) is 24.3 Å². The summed E-state index contributed by atoms with van der Waals surface area (Å²) in [7, 11) is 0. The Morgan fingerprint density at radius 1 is 1.17 bits per heavy atom. The molecule has 92 valence electrons. The smallest absolute Gasteiger partial charge is 0.335 e. The van der Waals surface area contributed by atoms with E-state index < -0.39 is 5.97 Å². The van der Waals surface area contributed by atoms with Gasteiger partial charge in [-0.2, -0.15) is 5.10 Å². The van der Waals surface area contributed by atoms with Gasteiger partial charge in [-0.05, 0) is 37.8 Å². The largest absolute Gasteiger partial charge is 0.478 e. The lowest BCUT2D eigenvalue weighted by Gasteiger charge is -2.11. The van der Waals surface area contributed by atoms with E-state index in [1.54, 1.807) is 12.1 Å². The summed E-state index contributed by atoms with van der Waals surface area (Å²) in [5.74, 6) is -0.898. The molecular formula is C14H14N2O2. The van der Waals surface area contributed by atoms with Crippen molar-refractivity contribution < 1.29 is 9.90 Å². The third kappa shape index (κ3) is 1.79. The number of aromatic carboxylic acids is 1. The molecule has 1 aliphatic rings. The molecule has 0 fully saturated rings. The molecule has 4 nitrogen and oxygen atoms in total. The normalized spacial score (nSPS) is 14.2. The average Bonchev–Trinajstić information content (AvgIpc) is 2.82. The van der Waals surface area contributed by atoms with Gasteiger partial charge in [0.15, 0.2) is 0 Å². The van der Waals surface area contributed by atoms with E-state index in [0.29, 0.717) is 5.56 Å². The van der Waals surface area contributed by atoms with E-state index in [4.69, 9.17) is 5.11 Å². The van der Waals surface area contributed by atoms with Crippen molar-refractivity contribution in [1.29, 1.82) is 0 Å². The minimum absolute atomic E-state index is 0.308. The van der Waals surface area contributed by atoms with Crippen LogP contribution in [0.25, 0.3) is 11.3 Å². The van der Waals surface area contributed by atoms with Crippen LogP contribution in [0, 0.1) is 0 Å². The van der Waals surface area contributed by atoms with E-state index in [0.717, 1.165) is 24.1 Å². The zero-order chi connectivity index (χ0) is 12.5. The van der Waals surface area contributed by atoms with Crippen LogP contribution in [-0.4, -0.2) is 21.3 Å². The molecule has 1 aliphatic carbocycles. The van der Waals surface area contributed by atoms with E-state index >= 15 is 0 Å². The van der Waals surface area contributed by atoms with Gasteiger partial charge < -0.3 is 5.11 Å². The molecule has 18 heavy (non-hydrogen) atoms. The molecule has 2 aromatic rings. The van der Waals surface area contributed by atoms with Crippen LogP contribution < -0.4 is 0 Å². The number of aryl methyl sites for hydroxylation is 1. The molecule has 0 radical (unpaired) electrons. The predicted molar refractivity (Wildman–Crippen MR) is 67.6 cm³/mol. The summed E-state index contributed by atoms with van der Waals surface area (Å²) in [6.07, 6.45) is 4.54. The van der Waals surface area contributed by atoms with Crippen molar-refractivity contribution in [3.63, 3.8) is 0 Å². The fourth-order valence-electron chi connectivity index (χ4n) is 2.49. The molecule has 2 N–H and O–H groups in total. The minimum atomic E-state index is -0.898. The number of fused-ring (bicyclic) bond motifs is 1. The molecule has 1 heterocycles. The second kappa shape index (κ2) is 4.29. The summed E-state index contributed by atoms with van der Waals surface area (Å²) in [5, 5.41) is 16.3. The van der Waals surface area contributed by atoms with Gasteiger partial charge in [-0.25, -0.2) is 4.79 Å². The minimum Gasteiger partial charge on any atom is -0.478 e. The summed E-state index contributed by atoms with van der Waals surface area (Å²) < 4.78 is 0. The van der Waals surface area contributed by atoms with Crippen LogP contribution in [0.4, 0.5) is 0 Å². The van der Waals surface area contributed by atoms with Crippen LogP contribution in [-0.2, 0) is 12.8 Å². The number of aromatic amines is 1. The number of hydrogen-bond donors (Lipinski definition) is 2. The molecule has 0 aliphatic heterocycles. The average molecular weight is 242 g/mol. The maximum absolute atomic E-state index is 10.8. The quantitative estimate of drug-likeness (QED) is 0.850. The van der Waals surface area contributed by atoms with E-state index in [2.05, 4.69) is 10.2 Å². The molecule has 4 heteroatoms. The Morgan fingerprint density at radius 2 is 1.89 bits per heavy atom. The Bertz CT molecular complexity index is 584. The highest BCUT2D eigenvalue weighted by Gasteiger charge is 2.17. The number of carboxylic acid groups (broad SMARTS) is 1. The van der Waals surface area contributed by atoms with Crippen molar-refractivity contribution >= 4 is 5.97 Å². The molecule has 1 aromatic carbocycles. The number of nitrogens with one attached hydrogen (secondary N) is 1. The third-order valence-corrected chi connectivity index (χ3v) is 3.46. The lowest BCUT2D eigenvalue weighted by Crippen LogP contribution is -2.01. The number of carboxylic acids is 1. The van der Waals surface area contributed by atoms with Crippen LogP contribution in [0.1, 0.15) is 34.5 Å². The number of benzene rings is 1. The van der Waals surface area contributed by atoms with E-state index in [-0.39, 0.29) is 0 Å². The number of carbonyl (C=O) groups is 1. The molecule has 3 rings (SSSR count). The van der Waals surface area contributed by atoms with Gasteiger partial charge in [0, 0.05) is 16.8 Å². The fourth-order valence-corrected chi connectivity index (χ4v) is 2.49. The molecule has 0 bridgehead atoms. The van der Waals surface area contributed by atoms with Crippen LogP contribution in [0.5, 0.6) is 0 Å². The van der Waals surface area contributed by atoms with Crippen LogP contribution in [0.3, 0.4) is 0 Å².